The summed E-state index contributed by atoms with van der Waals surface area (Å²) in [5.74, 6) is -0.144. The van der Waals surface area contributed by atoms with Gasteiger partial charge >= 0.3 is 0 Å². The van der Waals surface area contributed by atoms with Gasteiger partial charge in [0, 0.05) is 16.4 Å². The molecule has 2 N–H and O–H groups in total. The van der Waals surface area contributed by atoms with E-state index < -0.39 is 0 Å². The minimum absolute atomic E-state index is 0.142. The maximum atomic E-state index is 14.1. The minimum Gasteiger partial charge on any atom is -0.330 e. The van der Waals surface area contributed by atoms with Crippen molar-refractivity contribution in [2.45, 2.75) is 31.1 Å². The third kappa shape index (κ3) is 2.77. The predicted octanol–water partition coefficient (Wildman–Crippen LogP) is 4.36. The largest absolute Gasteiger partial charge is 0.330 e. The van der Waals surface area contributed by atoms with Gasteiger partial charge in [0.15, 0.2) is 0 Å². The molecule has 0 saturated heterocycles. The van der Waals surface area contributed by atoms with Crippen LogP contribution in [0.1, 0.15) is 29.5 Å². The van der Waals surface area contributed by atoms with Crippen LogP contribution >= 0.6 is 15.9 Å². The summed E-state index contributed by atoms with van der Waals surface area (Å²) in [6.07, 6.45) is 3.89. The second-order valence-corrected chi connectivity index (χ2v) is 6.82. The van der Waals surface area contributed by atoms with E-state index in [-0.39, 0.29) is 11.2 Å². The SMILES string of the molecule is NCC1(Cc2cc(Br)ccc2F)CCCc2ccccc21. The molecule has 1 atom stereocenters. The molecule has 110 valence electrons. The van der Waals surface area contributed by atoms with E-state index in [4.69, 9.17) is 5.73 Å². The van der Waals surface area contributed by atoms with Crippen molar-refractivity contribution in [2.24, 2.45) is 5.73 Å². The van der Waals surface area contributed by atoms with Crippen molar-refractivity contribution in [1.82, 2.24) is 0 Å². The van der Waals surface area contributed by atoms with Crippen LogP contribution in [-0.4, -0.2) is 6.54 Å². The number of rotatable bonds is 3. The van der Waals surface area contributed by atoms with Crippen LogP contribution in [0.3, 0.4) is 0 Å². The van der Waals surface area contributed by atoms with Crippen molar-refractivity contribution in [1.29, 1.82) is 0 Å². The molecule has 1 aliphatic rings. The van der Waals surface area contributed by atoms with Crippen molar-refractivity contribution in [2.75, 3.05) is 6.54 Å². The van der Waals surface area contributed by atoms with E-state index in [2.05, 4.69) is 40.2 Å². The Balaban J connectivity index is 2.04. The zero-order valence-electron chi connectivity index (χ0n) is 11.9. The van der Waals surface area contributed by atoms with Crippen LogP contribution in [-0.2, 0) is 18.3 Å². The highest BCUT2D eigenvalue weighted by molar-refractivity contribution is 9.10. The van der Waals surface area contributed by atoms with Gasteiger partial charge in [0.1, 0.15) is 5.82 Å². The average Bonchev–Trinajstić information content (AvgIpc) is 2.51. The number of nitrogens with two attached hydrogens (primary N) is 1. The molecular formula is C18H19BrFN. The van der Waals surface area contributed by atoms with Crippen LogP contribution in [0.15, 0.2) is 46.9 Å². The Morgan fingerprint density at radius 2 is 2.00 bits per heavy atom. The third-order valence-electron chi connectivity index (χ3n) is 4.62. The molecule has 1 unspecified atom stereocenters. The van der Waals surface area contributed by atoms with Crippen LogP contribution in [0, 0.1) is 5.82 Å². The zero-order valence-corrected chi connectivity index (χ0v) is 13.5. The Kier molecular flexibility index (Phi) is 4.14. The second-order valence-electron chi connectivity index (χ2n) is 5.91. The maximum Gasteiger partial charge on any atom is 0.126 e. The van der Waals surface area contributed by atoms with Gasteiger partial charge in [-0.25, -0.2) is 4.39 Å². The van der Waals surface area contributed by atoms with E-state index in [9.17, 15) is 4.39 Å². The highest BCUT2D eigenvalue weighted by Gasteiger charge is 2.35. The first-order chi connectivity index (χ1) is 10.1. The first-order valence-corrected chi connectivity index (χ1v) is 8.16. The maximum absolute atomic E-state index is 14.1. The molecule has 3 heteroatoms. The lowest BCUT2D eigenvalue weighted by atomic mass is 9.67. The van der Waals surface area contributed by atoms with Crippen LogP contribution < -0.4 is 5.73 Å². The Hall–Kier alpha value is -1.19. The minimum atomic E-state index is -0.144. The number of benzene rings is 2. The summed E-state index contributed by atoms with van der Waals surface area (Å²) < 4.78 is 15.1. The summed E-state index contributed by atoms with van der Waals surface area (Å²) >= 11 is 3.43. The second kappa shape index (κ2) is 5.90. The van der Waals surface area contributed by atoms with E-state index in [1.807, 2.05) is 6.07 Å². The van der Waals surface area contributed by atoms with E-state index >= 15 is 0 Å². The van der Waals surface area contributed by atoms with Gasteiger partial charge in [-0.3, -0.25) is 0 Å². The van der Waals surface area contributed by atoms with Crippen LogP contribution in [0.4, 0.5) is 4.39 Å². The van der Waals surface area contributed by atoms with Crippen molar-refractivity contribution in [3.05, 3.63) is 69.4 Å². The fraction of sp³-hybridized carbons (Fsp3) is 0.333. The third-order valence-corrected chi connectivity index (χ3v) is 5.11. The van der Waals surface area contributed by atoms with Gasteiger partial charge in [-0.15, -0.1) is 0 Å². The molecule has 3 rings (SSSR count). The number of hydrogen-bond acceptors (Lipinski definition) is 1. The molecule has 1 nitrogen and oxygen atoms in total. The standard InChI is InChI=1S/C18H19BrFN/c19-15-7-8-17(20)14(10-15)11-18(12-21)9-3-5-13-4-1-2-6-16(13)18/h1-2,4,6-8,10H,3,5,9,11-12,21H2. The molecular weight excluding hydrogens is 329 g/mol. The van der Waals surface area contributed by atoms with Crippen LogP contribution in [0.25, 0.3) is 0 Å². The van der Waals surface area contributed by atoms with Gasteiger partial charge in [-0.2, -0.15) is 0 Å². The Labute approximate surface area is 133 Å². The summed E-state index contributed by atoms with van der Waals surface area (Å²) in [5.41, 5.74) is 9.42. The molecule has 0 heterocycles. The lowest BCUT2D eigenvalue weighted by molar-refractivity contribution is 0.360. The lowest BCUT2D eigenvalue weighted by Crippen LogP contribution is -2.40. The van der Waals surface area contributed by atoms with E-state index in [1.54, 1.807) is 6.07 Å². The highest BCUT2D eigenvalue weighted by atomic mass is 79.9. The van der Waals surface area contributed by atoms with Gasteiger partial charge in [0.2, 0.25) is 0 Å². The molecule has 0 amide bonds. The molecule has 0 aliphatic heterocycles. The van der Waals surface area contributed by atoms with Crippen molar-refractivity contribution < 1.29 is 4.39 Å². The van der Waals surface area contributed by atoms with Crippen LogP contribution in [0.5, 0.6) is 0 Å². The average molecular weight is 348 g/mol. The van der Waals surface area contributed by atoms with Gasteiger partial charge in [0.25, 0.3) is 0 Å². The molecule has 0 saturated carbocycles. The molecule has 0 fully saturated rings. The molecule has 2 aromatic rings. The van der Waals surface area contributed by atoms with Gasteiger partial charge in [-0.1, -0.05) is 40.2 Å². The molecule has 21 heavy (non-hydrogen) atoms. The first kappa shape index (κ1) is 14.7. The summed E-state index contributed by atoms with van der Waals surface area (Å²) in [5, 5.41) is 0. The summed E-state index contributed by atoms with van der Waals surface area (Å²) in [4.78, 5) is 0. The van der Waals surface area contributed by atoms with Crippen molar-refractivity contribution in [3.63, 3.8) is 0 Å². The van der Waals surface area contributed by atoms with Crippen molar-refractivity contribution in [3.8, 4) is 0 Å². The Morgan fingerprint density at radius 3 is 2.81 bits per heavy atom. The highest BCUT2D eigenvalue weighted by Crippen LogP contribution is 2.40. The molecule has 0 aromatic heterocycles. The predicted molar refractivity (Wildman–Crippen MR) is 87.9 cm³/mol. The smallest absolute Gasteiger partial charge is 0.126 e. The van der Waals surface area contributed by atoms with Gasteiger partial charge < -0.3 is 5.73 Å². The van der Waals surface area contributed by atoms with Crippen molar-refractivity contribution >= 4 is 15.9 Å². The summed E-state index contributed by atoms with van der Waals surface area (Å²) in [7, 11) is 0. The fourth-order valence-corrected chi connectivity index (χ4v) is 3.93. The number of aryl methyl sites for hydroxylation is 1. The molecule has 0 spiro atoms. The van der Waals surface area contributed by atoms with Gasteiger partial charge in [-0.05, 0) is 60.6 Å². The number of halogens is 2. The van der Waals surface area contributed by atoms with E-state index in [1.165, 1.54) is 17.2 Å². The van der Waals surface area contributed by atoms with E-state index in [0.29, 0.717) is 13.0 Å². The van der Waals surface area contributed by atoms with Gasteiger partial charge in [0.05, 0.1) is 0 Å². The molecule has 2 aromatic carbocycles. The normalized spacial score (nSPS) is 21.1. The molecule has 0 bridgehead atoms. The quantitative estimate of drug-likeness (QED) is 0.876. The monoisotopic (exact) mass is 347 g/mol. The molecule has 0 radical (unpaired) electrons. The van der Waals surface area contributed by atoms with Crippen LogP contribution in [0.2, 0.25) is 0 Å². The Morgan fingerprint density at radius 1 is 1.19 bits per heavy atom. The topological polar surface area (TPSA) is 26.0 Å². The number of hydrogen-bond donors (Lipinski definition) is 1. The first-order valence-electron chi connectivity index (χ1n) is 7.37. The summed E-state index contributed by atoms with van der Waals surface area (Å²) in [6, 6.07) is 13.6. The fourth-order valence-electron chi connectivity index (χ4n) is 3.52. The van der Waals surface area contributed by atoms with E-state index in [0.717, 1.165) is 29.3 Å². The number of fused-ring (bicyclic) bond motifs is 1. The Bertz CT molecular complexity index is 655. The lowest BCUT2D eigenvalue weighted by Gasteiger charge is -2.38. The molecule has 1 aliphatic carbocycles. The summed E-state index contributed by atoms with van der Waals surface area (Å²) in [6.45, 7) is 0.552. The zero-order chi connectivity index (χ0) is 14.9.